The molecular formula is C107H141Cl2N13O27. The number of anilines is 2. The average Bonchev–Trinajstić information content (AvgIpc) is 1.49. The largest absolute Gasteiger partial charge is 0.495 e. The number of likely N-dealkylation sites (N-methyl/N-ethyl adjacent to an activating group) is 2. The molecular weight excluding hydrogens is 1970 g/mol. The number of methoxy groups -OCH3 is 4. The number of benzene rings is 4. The summed E-state index contributed by atoms with van der Waals surface area (Å²) < 4.78 is 66.8. The number of esters is 2. The number of hydrogen-bond donors (Lipinski definition) is 11. The lowest BCUT2D eigenvalue weighted by Gasteiger charge is -2.52. The van der Waals surface area contributed by atoms with Crippen molar-refractivity contribution in [3.63, 3.8) is 0 Å². The second-order valence-corrected chi connectivity index (χ2v) is 41.6. The van der Waals surface area contributed by atoms with E-state index in [0.29, 0.717) is 62.9 Å². The van der Waals surface area contributed by atoms with Gasteiger partial charge in [0.2, 0.25) is 47.3 Å². The van der Waals surface area contributed by atoms with E-state index in [1.165, 1.54) is 90.1 Å². The Morgan fingerprint density at radius 1 is 0.591 bits per heavy atom. The lowest BCUT2D eigenvalue weighted by Crippen LogP contribution is -2.72. The Morgan fingerprint density at radius 3 is 1.56 bits per heavy atom. The molecule has 13 amide bonds. The van der Waals surface area contributed by atoms with Gasteiger partial charge in [-0.15, -0.1) is 0 Å². The Hall–Kier alpha value is -12.4. The third-order valence-corrected chi connectivity index (χ3v) is 31.2. The van der Waals surface area contributed by atoms with Crippen LogP contribution in [0.4, 0.5) is 30.6 Å². The van der Waals surface area contributed by atoms with E-state index in [-0.39, 0.29) is 111 Å². The first-order valence-corrected chi connectivity index (χ1v) is 51.6. The number of unbranched alkanes of at least 4 members (excludes halogenated alkanes) is 4. The summed E-state index contributed by atoms with van der Waals surface area (Å²) in [6, 6.07) is 15.8. The number of nitrogens with zero attached hydrogens (tertiary/aromatic N) is 4. The first kappa shape index (κ1) is 114. The zero-order valence-electron chi connectivity index (χ0n) is 87.2. The topological polar surface area (TPSA) is 519 Å². The van der Waals surface area contributed by atoms with Crippen molar-refractivity contribution in [2.75, 3.05) is 92.7 Å². The Morgan fingerprint density at radius 2 is 1.07 bits per heavy atom. The van der Waals surface area contributed by atoms with E-state index in [1.807, 2.05) is 62.4 Å². The summed E-state index contributed by atoms with van der Waals surface area (Å²) in [4.78, 5) is 202. The highest BCUT2D eigenvalue weighted by Gasteiger charge is 2.85. The number of amides is 13. The van der Waals surface area contributed by atoms with Crippen LogP contribution in [-0.4, -0.2) is 288 Å². The molecule has 7 aliphatic heterocycles. The number of rotatable bonds is 40. The van der Waals surface area contributed by atoms with E-state index in [0.717, 1.165) is 44.5 Å². The zero-order valence-corrected chi connectivity index (χ0v) is 88.7. The SMILES string of the molecule is COc1cc2cc(c1Cl)N(C)C(=O)C[C@H](OC(=O)[C@H](C)N(C)C(=O)CCCCCNC(=O)CCC(CCC(=O)NCCCCCC(=O)N(C)[C@@H](C)C(=O)O[C@H]1CC(=O)N(C)c3cc(cc(OC)c3Cl)C/C(C)=C/C=C/[C@@H](OC)[C@]3(O)NC(=O)OC4C3[C@@]13CC4(C)O3)NC(=O)[C@H](CCCNC(N)=O)NC(=O)[C@@H](NC(=O)OCC1c3ccccc3-c3ccccc31)C(C)C)[C@]13OC1[C@H](C)C1OC(=O)N[C@](O)(C13)[C@H](OC)/C=C/C=C(\C)C2. The van der Waals surface area contributed by atoms with Crippen molar-refractivity contribution in [1.82, 2.24) is 52.3 Å². The summed E-state index contributed by atoms with van der Waals surface area (Å²) in [5.74, 6) is -9.49. The molecule has 0 radical (unpaired) electrons. The molecule has 2 spiro atoms. The average molecular weight is 2110 g/mol. The molecule has 12 N–H and O–H groups in total. The van der Waals surface area contributed by atoms with E-state index >= 15 is 0 Å². The fraction of sp³-hybridized carbons (Fsp3) is 0.570. The van der Waals surface area contributed by atoms with Gasteiger partial charge in [-0.2, -0.15) is 0 Å². The number of nitrogens with two attached hydrogens (primary N) is 1. The van der Waals surface area contributed by atoms with E-state index < -0.39 is 221 Å². The molecule has 810 valence electrons. The first-order valence-electron chi connectivity index (χ1n) is 50.8. The van der Waals surface area contributed by atoms with Crippen LogP contribution in [0.1, 0.15) is 193 Å². The Balaban J connectivity index is 0.630. The van der Waals surface area contributed by atoms with Crippen LogP contribution >= 0.6 is 23.2 Å². The fourth-order valence-corrected chi connectivity index (χ4v) is 22.8. The lowest BCUT2D eigenvalue weighted by atomic mass is 9.73. The highest BCUT2D eigenvalue weighted by Crippen LogP contribution is 2.67. The van der Waals surface area contributed by atoms with E-state index in [2.05, 4.69) is 42.5 Å². The fourth-order valence-electron chi connectivity index (χ4n) is 22.1. The standard InChI is InChI=1S/C107H141Cl2N13O27/c1-58(2)89(116-100(134)143-56-71-69-34-23-21-32-67(69)68-33-22-24-35-70(68)71)96(130)115-72(36-29-47-113-99(110)133)95(129)114-66(41-43-81(123)111-45-25-17-19-39-83(125)119(9)62(6)97(131)144-79-54-85(127)121(11)73-50-64(52-75(139-13)87(73)108)49-60(4)31-28-38-78(142-16)107(138)92-94(147-102(136)118-107)103(8)57-104(79,92)149-103)42-44-82(124)112-46-26-18-20-40-84(126)120(10)63(7)98(132)145-80-55-86(128)122(12)74-51-65(53-76(140-14)88(74)109)48-59(3)30-27-37-77(141-15)106(137)91-90(146-101(135)117-106)61(5)93-105(80,91)148-93/h21-24,27-28,30-35,37-38,50-53,58,61-63,66,71-72,77-80,89-94,137-138H,17-20,25-26,29,36,39-49,54-57H2,1-16H3,(H,111,123)(H,112,124)(H,114,129)(H,115,130)(H,116,134)(H,117,135)(H,118,136)(H3,110,113,133)/b37-27+,38-28+,59-30+,60-31+/t61-,62+,63+,66?,72+,77-,78-,79+,80+,89+,90?,91?,92?,93?,94?,103?,104-,105-,106-,107-/m1/s1. The van der Waals surface area contributed by atoms with Crippen LogP contribution < -0.4 is 67.5 Å². The van der Waals surface area contributed by atoms with Crippen molar-refractivity contribution in [2.24, 2.45) is 29.4 Å². The molecule has 149 heavy (non-hydrogen) atoms. The van der Waals surface area contributed by atoms with Gasteiger partial charge in [0, 0.05) is 112 Å². The molecule has 7 heterocycles. The van der Waals surface area contributed by atoms with Gasteiger partial charge in [0.25, 0.3) is 0 Å². The van der Waals surface area contributed by atoms with E-state index in [1.54, 1.807) is 88.4 Å². The van der Waals surface area contributed by atoms with E-state index in [4.69, 9.17) is 81.0 Å². The summed E-state index contributed by atoms with van der Waals surface area (Å²) in [6.45, 7) is 13.8. The lowest BCUT2D eigenvalue weighted by molar-refractivity contribution is -0.284. The maximum absolute atomic E-state index is 14.9. The van der Waals surface area contributed by atoms with Crippen molar-refractivity contribution >= 4 is 118 Å². The molecule has 2 saturated carbocycles. The zero-order chi connectivity index (χ0) is 108. The second-order valence-electron chi connectivity index (χ2n) is 40.9. The van der Waals surface area contributed by atoms with Gasteiger partial charge in [-0.25, -0.2) is 28.8 Å². The number of hydrogen-bond acceptors (Lipinski definition) is 27. The predicted molar refractivity (Wildman–Crippen MR) is 547 cm³/mol. The molecule has 0 aromatic heterocycles. The molecule has 7 fully saturated rings. The third-order valence-electron chi connectivity index (χ3n) is 30.4. The number of nitrogens with one attached hydrogen (secondary N) is 8. The molecule has 4 aromatic rings. The van der Waals surface area contributed by atoms with Gasteiger partial charge in [0.05, 0.1) is 56.4 Å². The van der Waals surface area contributed by atoms with Crippen LogP contribution in [0.3, 0.4) is 0 Å². The Kier molecular flexibility index (Phi) is 37.1. The first-order chi connectivity index (χ1) is 70.8. The van der Waals surface area contributed by atoms with Crippen LogP contribution in [0, 0.1) is 23.7 Å². The molecule has 3 aliphatic carbocycles. The number of ether oxygens (including phenoxy) is 11. The van der Waals surface area contributed by atoms with Gasteiger partial charge >= 0.3 is 36.2 Å². The minimum Gasteiger partial charge on any atom is -0.495 e. The van der Waals surface area contributed by atoms with Gasteiger partial charge < -0.3 is 120 Å². The van der Waals surface area contributed by atoms with Crippen molar-refractivity contribution in [1.29, 1.82) is 0 Å². The molecule has 10 aliphatic rings. The van der Waals surface area contributed by atoms with Crippen molar-refractivity contribution in [2.45, 2.75) is 284 Å². The number of urea groups is 1. The summed E-state index contributed by atoms with van der Waals surface area (Å²) in [6.07, 6.45) is 0.468. The minimum absolute atomic E-state index is 0.00335. The van der Waals surface area contributed by atoms with E-state index in [9.17, 15) is 77.3 Å². The number of carbonyl (C=O) groups excluding carboxylic acids is 14. The van der Waals surface area contributed by atoms with Gasteiger partial charge in [-0.3, -0.25) is 49.0 Å². The molecule has 7 unspecified atom stereocenters. The highest BCUT2D eigenvalue weighted by atomic mass is 35.5. The molecule has 5 saturated heterocycles. The summed E-state index contributed by atoms with van der Waals surface area (Å²) in [5, 5.41) is 48.0. The number of aliphatic hydroxyl groups is 2. The number of carbonyl (C=O) groups is 14. The number of fused-ring (bicyclic) bond motifs is 7. The smallest absolute Gasteiger partial charge is 0.409 e. The third kappa shape index (κ3) is 25.1. The molecule has 4 aromatic carbocycles. The normalized spacial score (nSPS) is 27.7. The minimum atomic E-state index is -2.27. The second kappa shape index (κ2) is 48.7. The molecule has 6 bridgehead atoms. The number of halogens is 2. The molecule has 20 atom stereocenters. The van der Waals surface area contributed by atoms with Gasteiger partial charge in [-0.1, -0.05) is 153 Å². The van der Waals surface area contributed by atoms with Gasteiger partial charge in [0.15, 0.2) is 11.4 Å². The van der Waals surface area contributed by atoms with Gasteiger partial charge in [-0.05, 0) is 162 Å². The van der Waals surface area contributed by atoms with Crippen LogP contribution in [-0.2, 0) is 103 Å². The Bertz CT molecular complexity index is 5560. The van der Waals surface area contributed by atoms with Gasteiger partial charge in [0.1, 0.15) is 106 Å². The quantitative estimate of drug-likeness (QED) is 0.00854. The number of epoxide rings is 1. The number of allylic oxidation sites excluding steroid dienone is 6. The van der Waals surface area contributed by atoms with Crippen LogP contribution in [0.2, 0.25) is 10.0 Å². The number of alkyl carbamates (subject to hydrolysis) is 3. The summed E-state index contributed by atoms with van der Waals surface area (Å²) in [5.41, 5.74) is 4.03. The monoisotopic (exact) mass is 2110 g/mol. The maximum atomic E-state index is 14.9. The van der Waals surface area contributed by atoms with Crippen molar-refractivity contribution in [3.05, 3.63) is 153 Å². The van der Waals surface area contributed by atoms with Crippen molar-refractivity contribution < 1.29 is 129 Å². The highest BCUT2D eigenvalue weighted by molar-refractivity contribution is 6.36. The molecule has 14 rings (SSSR count). The Labute approximate surface area is 877 Å². The summed E-state index contributed by atoms with van der Waals surface area (Å²) in [7, 11) is 11.5. The predicted octanol–water partition coefficient (Wildman–Crippen LogP) is 9.52. The van der Waals surface area contributed by atoms with Crippen LogP contribution in [0.15, 0.2) is 120 Å². The number of primary amides is 1. The maximum Gasteiger partial charge on any atom is 0.409 e. The van der Waals surface area contributed by atoms with Crippen LogP contribution in [0.5, 0.6) is 11.5 Å². The van der Waals surface area contributed by atoms with Crippen molar-refractivity contribution in [3.8, 4) is 22.6 Å². The molecule has 42 heteroatoms. The summed E-state index contributed by atoms with van der Waals surface area (Å²) >= 11 is 13.8. The van der Waals surface area contributed by atoms with Crippen LogP contribution in [0.25, 0.3) is 11.1 Å². The molecule has 40 nitrogen and oxygen atoms in total.